The fourth-order valence-electron chi connectivity index (χ4n) is 1.63. The van der Waals surface area contributed by atoms with Gasteiger partial charge in [-0.25, -0.2) is 22.9 Å². The van der Waals surface area contributed by atoms with Crippen molar-refractivity contribution in [2.45, 2.75) is 17.9 Å². The first-order valence-electron chi connectivity index (χ1n) is 5.76. The van der Waals surface area contributed by atoms with Crippen LogP contribution < -0.4 is 4.72 Å². The third-order valence-corrected chi connectivity index (χ3v) is 5.46. The van der Waals surface area contributed by atoms with Crippen LogP contribution >= 0.6 is 22.9 Å². The number of hydrogen-bond donors (Lipinski definition) is 2. The summed E-state index contributed by atoms with van der Waals surface area (Å²) in [5.74, 6) is -1.29. The van der Waals surface area contributed by atoms with Crippen LogP contribution in [0, 0.1) is 0 Å². The summed E-state index contributed by atoms with van der Waals surface area (Å²) in [6, 6.07) is 3.01. The largest absolute Gasteiger partial charge is 0.478 e. The first-order chi connectivity index (χ1) is 9.81. The molecule has 1 heterocycles. The first kappa shape index (κ1) is 15.9. The molecular formula is C12H11ClN2O4S2. The Balaban J connectivity index is 2.32. The quantitative estimate of drug-likeness (QED) is 0.867. The maximum Gasteiger partial charge on any atom is 0.337 e. The zero-order valence-corrected chi connectivity index (χ0v) is 13.2. The normalized spacial score (nSPS) is 13.0. The number of nitrogens with one attached hydrogen (secondary N) is 1. The predicted molar refractivity (Wildman–Crippen MR) is 79.3 cm³/mol. The van der Waals surface area contributed by atoms with Crippen LogP contribution in [-0.4, -0.2) is 24.5 Å². The molecule has 0 amide bonds. The van der Waals surface area contributed by atoms with Crippen molar-refractivity contribution in [1.82, 2.24) is 9.71 Å². The summed E-state index contributed by atoms with van der Waals surface area (Å²) in [6.07, 6.45) is 1.58. The number of thiazole rings is 1. The molecule has 1 atom stereocenters. The number of halogens is 1. The molecule has 0 aliphatic carbocycles. The minimum absolute atomic E-state index is 0.0191. The van der Waals surface area contributed by atoms with Gasteiger partial charge >= 0.3 is 5.97 Å². The molecule has 1 aromatic carbocycles. The number of carbonyl (C=O) groups is 1. The number of benzene rings is 1. The van der Waals surface area contributed by atoms with E-state index in [1.54, 1.807) is 18.5 Å². The molecule has 0 aliphatic rings. The molecule has 9 heteroatoms. The van der Waals surface area contributed by atoms with E-state index in [2.05, 4.69) is 9.71 Å². The Kier molecular flexibility index (Phi) is 4.62. The first-order valence-corrected chi connectivity index (χ1v) is 8.50. The number of nitrogens with zero attached hydrogens (tertiary/aromatic N) is 1. The number of aromatic carboxylic acids is 1. The van der Waals surface area contributed by atoms with Gasteiger partial charge in [0.05, 0.1) is 21.5 Å². The van der Waals surface area contributed by atoms with Crippen LogP contribution in [0.1, 0.15) is 28.3 Å². The van der Waals surface area contributed by atoms with Gasteiger partial charge in [0.15, 0.2) is 0 Å². The molecule has 0 aliphatic heterocycles. The Morgan fingerprint density at radius 1 is 1.48 bits per heavy atom. The lowest BCUT2D eigenvalue weighted by Gasteiger charge is -2.12. The highest BCUT2D eigenvalue weighted by Crippen LogP contribution is 2.23. The van der Waals surface area contributed by atoms with Gasteiger partial charge in [0.1, 0.15) is 5.01 Å². The molecule has 2 aromatic rings. The molecule has 0 radical (unpaired) electrons. The van der Waals surface area contributed by atoms with Crippen LogP contribution in [-0.2, 0) is 10.0 Å². The molecule has 112 valence electrons. The molecule has 1 aromatic heterocycles. The lowest BCUT2D eigenvalue weighted by atomic mass is 10.2. The Bertz CT molecular complexity index is 760. The summed E-state index contributed by atoms with van der Waals surface area (Å²) < 4.78 is 27.0. The second-order valence-corrected chi connectivity index (χ2v) is 7.21. The van der Waals surface area contributed by atoms with Gasteiger partial charge in [-0.1, -0.05) is 11.6 Å². The minimum Gasteiger partial charge on any atom is -0.478 e. The van der Waals surface area contributed by atoms with Crippen LogP contribution in [0.2, 0.25) is 5.02 Å². The van der Waals surface area contributed by atoms with Crippen molar-refractivity contribution in [2.75, 3.05) is 0 Å². The molecular weight excluding hydrogens is 336 g/mol. The molecule has 0 saturated heterocycles. The molecule has 0 bridgehead atoms. The third kappa shape index (κ3) is 3.59. The molecule has 0 fully saturated rings. The van der Waals surface area contributed by atoms with Gasteiger partial charge < -0.3 is 5.11 Å². The van der Waals surface area contributed by atoms with Crippen molar-refractivity contribution in [1.29, 1.82) is 0 Å². The van der Waals surface area contributed by atoms with Crippen LogP contribution in [0.25, 0.3) is 0 Å². The molecule has 6 nitrogen and oxygen atoms in total. The van der Waals surface area contributed by atoms with Gasteiger partial charge in [0.2, 0.25) is 10.0 Å². The zero-order valence-electron chi connectivity index (χ0n) is 10.8. The fourth-order valence-corrected chi connectivity index (χ4v) is 3.79. The fraction of sp³-hybridized carbons (Fsp3) is 0.167. The van der Waals surface area contributed by atoms with Crippen LogP contribution in [0.4, 0.5) is 0 Å². The number of aromatic nitrogens is 1. The van der Waals surface area contributed by atoms with Gasteiger partial charge in [-0.2, -0.15) is 0 Å². The third-order valence-electron chi connectivity index (χ3n) is 2.63. The zero-order chi connectivity index (χ0) is 15.6. The average Bonchev–Trinajstić information content (AvgIpc) is 2.92. The van der Waals surface area contributed by atoms with Crippen molar-refractivity contribution in [3.8, 4) is 0 Å². The van der Waals surface area contributed by atoms with Crippen LogP contribution in [0.3, 0.4) is 0 Å². The summed E-state index contributed by atoms with van der Waals surface area (Å²) in [4.78, 5) is 14.9. The van der Waals surface area contributed by atoms with E-state index < -0.39 is 22.0 Å². The van der Waals surface area contributed by atoms with E-state index in [4.69, 9.17) is 16.7 Å². The van der Waals surface area contributed by atoms with E-state index in [1.165, 1.54) is 23.5 Å². The SMILES string of the molecule is CC(NS(=O)(=O)c1ccc(Cl)c(C(=O)O)c1)c1nccs1. The van der Waals surface area contributed by atoms with E-state index >= 15 is 0 Å². The Morgan fingerprint density at radius 3 is 2.76 bits per heavy atom. The maximum atomic E-state index is 12.3. The molecule has 21 heavy (non-hydrogen) atoms. The monoisotopic (exact) mass is 346 g/mol. The number of carboxylic acid groups (broad SMARTS) is 1. The number of hydrogen-bond acceptors (Lipinski definition) is 5. The van der Waals surface area contributed by atoms with Gasteiger partial charge in [-0.15, -0.1) is 11.3 Å². The van der Waals surface area contributed by atoms with Gasteiger partial charge in [-0.3, -0.25) is 0 Å². The standard InChI is InChI=1S/C12H11ClN2O4S2/c1-7(11-14-4-5-20-11)15-21(18,19)8-2-3-10(13)9(6-8)12(16)17/h2-7,15H,1H3,(H,16,17). The van der Waals surface area contributed by atoms with Crippen molar-refractivity contribution in [2.24, 2.45) is 0 Å². The number of rotatable bonds is 5. The van der Waals surface area contributed by atoms with Crippen molar-refractivity contribution in [3.05, 3.63) is 45.4 Å². The lowest BCUT2D eigenvalue weighted by Crippen LogP contribution is -2.27. The van der Waals surface area contributed by atoms with E-state index in [1.807, 2.05) is 0 Å². The highest BCUT2D eigenvalue weighted by atomic mass is 35.5. The van der Waals surface area contributed by atoms with Crippen molar-refractivity contribution >= 4 is 38.9 Å². The number of carboxylic acids is 1. The molecule has 0 spiro atoms. The average molecular weight is 347 g/mol. The van der Waals surface area contributed by atoms with Crippen LogP contribution in [0.15, 0.2) is 34.7 Å². The summed E-state index contributed by atoms with van der Waals surface area (Å²) in [5.41, 5.74) is -0.263. The van der Waals surface area contributed by atoms with Gasteiger partial charge in [-0.05, 0) is 25.1 Å². The van der Waals surface area contributed by atoms with Crippen LogP contribution in [0.5, 0.6) is 0 Å². The number of sulfonamides is 1. The smallest absolute Gasteiger partial charge is 0.337 e. The topological polar surface area (TPSA) is 96.4 Å². The summed E-state index contributed by atoms with van der Waals surface area (Å²) in [7, 11) is -3.86. The maximum absolute atomic E-state index is 12.3. The Labute approximate surface area is 130 Å². The second kappa shape index (κ2) is 6.10. The van der Waals surface area contributed by atoms with E-state index in [-0.39, 0.29) is 15.5 Å². The van der Waals surface area contributed by atoms with Crippen molar-refractivity contribution in [3.63, 3.8) is 0 Å². The predicted octanol–water partition coefficient (Wildman–Crippen LogP) is 2.53. The van der Waals surface area contributed by atoms with E-state index in [9.17, 15) is 13.2 Å². The van der Waals surface area contributed by atoms with E-state index in [0.717, 1.165) is 6.07 Å². The highest BCUT2D eigenvalue weighted by Gasteiger charge is 2.22. The minimum atomic E-state index is -3.86. The summed E-state index contributed by atoms with van der Waals surface area (Å²) in [6.45, 7) is 1.66. The molecule has 2 rings (SSSR count). The molecule has 1 unspecified atom stereocenters. The Morgan fingerprint density at radius 2 is 2.19 bits per heavy atom. The second-order valence-electron chi connectivity index (χ2n) is 4.16. The Hall–Kier alpha value is -1.48. The summed E-state index contributed by atoms with van der Waals surface area (Å²) in [5, 5.41) is 11.3. The highest BCUT2D eigenvalue weighted by molar-refractivity contribution is 7.89. The van der Waals surface area contributed by atoms with Gasteiger partial charge in [0.25, 0.3) is 0 Å². The summed E-state index contributed by atoms with van der Waals surface area (Å²) >= 11 is 7.05. The lowest BCUT2D eigenvalue weighted by molar-refractivity contribution is 0.0697. The van der Waals surface area contributed by atoms with Crippen molar-refractivity contribution < 1.29 is 18.3 Å². The molecule has 2 N–H and O–H groups in total. The molecule has 0 saturated carbocycles. The van der Waals surface area contributed by atoms with Gasteiger partial charge in [0, 0.05) is 11.6 Å². The van der Waals surface area contributed by atoms with E-state index in [0.29, 0.717) is 5.01 Å².